The number of nitrogens with zero attached hydrogens (tertiary/aromatic N) is 2. The van der Waals surface area contributed by atoms with Crippen molar-refractivity contribution >= 4 is 27.5 Å². The van der Waals surface area contributed by atoms with E-state index in [2.05, 4.69) is 5.32 Å². The number of hydrogen-bond acceptors (Lipinski definition) is 4. The van der Waals surface area contributed by atoms with Crippen molar-refractivity contribution in [1.29, 1.82) is 0 Å². The van der Waals surface area contributed by atoms with Gasteiger partial charge in [-0.25, -0.2) is 8.42 Å². The number of carbonyl (C=O) groups is 2. The fourth-order valence-corrected chi connectivity index (χ4v) is 5.69. The Bertz CT molecular complexity index is 1340. The van der Waals surface area contributed by atoms with Crippen LogP contribution in [0.4, 0.5) is 5.69 Å². The first-order chi connectivity index (χ1) is 18.0. The quantitative estimate of drug-likeness (QED) is 0.392. The van der Waals surface area contributed by atoms with Crippen LogP contribution in [0.15, 0.2) is 83.8 Å². The summed E-state index contributed by atoms with van der Waals surface area (Å²) < 4.78 is 28.9. The van der Waals surface area contributed by atoms with E-state index in [1.165, 1.54) is 17.0 Å². The van der Waals surface area contributed by atoms with E-state index >= 15 is 0 Å². The summed E-state index contributed by atoms with van der Waals surface area (Å²) in [6.07, 6.45) is 0.529. The predicted octanol–water partition coefficient (Wildman–Crippen LogP) is 4.48. The number of carbonyl (C=O) groups excluding carboxylic acids is 2. The van der Waals surface area contributed by atoms with Crippen molar-refractivity contribution in [1.82, 2.24) is 10.2 Å². The zero-order valence-electron chi connectivity index (χ0n) is 22.7. The van der Waals surface area contributed by atoms with E-state index in [0.29, 0.717) is 12.1 Å². The van der Waals surface area contributed by atoms with Gasteiger partial charge in [0.1, 0.15) is 12.6 Å². The summed E-state index contributed by atoms with van der Waals surface area (Å²) in [6.45, 7) is 8.91. The second-order valence-corrected chi connectivity index (χ2v) is 11.6. The van der Waals surface area contributed by atoms with Crippen LogP contribution in [0.3, 0.4) is 0 Å². The molecule has 1 N–H and O–H groups in total. The molecule has 38 heavy (non-hydrogen) atoms. The highest BCUT2D eigenvalue weighted by atomic mass is 32.2. The summed E-state index contributed by atoms with van der Waals surface area (Å²) >= 11 is 0. The lowest BCUT2D eigenvalue weighted by molar-refractivity contribution is -0.139. The highest BCUT2D eigenvalue weighted by molar-refractivity contribution is 7.92. The molecule has 0 aromatic heterocycles. The largest absolute Gasteiger partial charge is 0.352 e. The summed E-state index contributed by atoms with van der Waals surface area (Å²) in [7, 11) is -4.07. The maximum atomic E-state index is 13.9. The van der Waals surface area contributed by atoms with Crippen LogP contribution < -0.4 is 9.62 Å². The lowest BCUT2D eigenvalue weighted by Gasteiger charge is -2.32. The number of sulfonamides is 1. The molecule has 0 bridgehead atoms. The molecule has 7 nitrogen and oxygen atoms in total. The van der Waals surface area contributed by atoms with Crippen molar-refractivity contribution in [3.05, 3.63) is 95.6 Å². The van der Waals surface area contributed by atoms with Gasteiger partial charge in [-0.3, -0.25) is 13.9 Å². The predicted molar refractivity (Wildman–Crippen MR) is 151 cm³/mol. The molecule has 0 saturated carbocycles. The first-order valence-corrected chi connectivity index (χ1v) is 14.2. The molecule has 0 heterocycles. The van der Waals surface area contributed by atoms with Crippen LogP contribution in [0.25, 0.3) is 0 Å². The molecule has 2 amide bonds. The minimum Gasteiger partial charge on any atom is -0.352 e. The molecule has 3 aromatic rings. The maximum Gasteiger partial charge on any atom is 0.264 e. The topological polar surface area (TPSA) is 86.8 Å². The number of amides is 2. The van der Waals surface area contributed by atoms with E-state index in [4.69, 9.17) is 0 Å². The average molecular weight is 536 g/mol. The van der Waals surface area contributed by atoms with Crippen LogP contribution in [-0.2, 0) is 26.0 Å². The first kappa shape index (κ1) is 28.9. The second-order valence-electron chi connectivity index (χ2n) is 9.78. The smallest absolute Gasteiger partial charge is 0.264 e. The Morgan fingerprint density at radius 2 is 1.47 bits per heavy atom. The van der Waals surface area contributed by atoms with E-state index in [-0.39, 0.29) is 23.4 Å². The molecule has 0 radical (unpaired) electrons. The van der Waals surface area contributed by atoms with E-state index in [0.717, 1.165) is 21.0 Å². The summed E-state index contributed by atoms with van der Waals surface area (Å²) in [5, 5.41) is 2.87. The Balaban J connectivity index is 2.01. The molecule has 3 aromatic carbocycles. The summed E-state index contributed by atoms with van der Waals surface area (Å²) in [5.41, 5.74) is 3.05. The molecule has 0 aliphatic heterocycles. The van der Waals surface area contributed by atoms with Crippen LogP contribution in [0.2, 0.25) is 0 Å². The van der Waals surface area contributed by atoms with Gasteiger partial charge >= 0.3 is 0 Å². The van der Waals surface area contributed by atoms with Crippen molar-refractivity contribution in [2.45, 2.75) is 58.0 Å². The van der Waals surface area contributed by atoms with Crippen molar-refractivity contribution in [3.63, 3.8) is 0 Å². The second kappa shape index (κ2) is 12.7. The number of hydrogen-bond donors (Lipinski definition) is 1. The Morgan fingerprint density at radius 3 is 2.08 bits per heavy atom. The lowest BCUT2D eigenvalue weighted by Crippen LogP contribution is -2.53. The van der Waals surface area contributed by atoms with Gasteiger partial charge in [0.15, 0.2) is 0 Å². The van der Waals surface area contributed by atoms with E-state index < -0.39 is 28.5 Å². The van der Waals surface area contributed by atoms with Crippen LogP contribution in [0, 0.1) is 13.8 Å². The van der Waals surface area contributed by atoms with Crippen LogP contribution in [0.1, 0.15) is 37.5 Å². The molecule has 0 spiro atoms. The average Bonchev–Trinajstić information content (AvgIpc) is 2.89. The zero-order valence-corrected chi connectivity index (χ0v) is 23.5. The molecule has 0 aliphatic carbocycles. The Labute approximate surface area is 226 Å². The van der Waals surface area contributed by atoms with Gasteiger partial charge < -0.3 is 10.2 Å². The molecular weight excluding hydrogens is 498 g/mol. The molecule has 8 heteroatoms. The fourth-order valence-electron chi connectivity index (χ4n) is 4.20. The summed E-state index contributed by atoms with van der Waals surface area (Å²) in [4.78, 5) is 28.4. The number of rotatable bonds is 11. The molecule has 0 aliphatic rings. The van der Waals surface area contributed by atoms with Crippen LogP contribution in [0.5, 0.6) is 0 Å². The van der Waals surface area contributed by atoms with Gasteiger partial charge in [-0.1, -0.05) is 60.7 Å². The lowest BCUT2D eigenvalue weighted by atomic mass is 10.1. The normalized spacial score (nSPS) is 12.2. The van der Waals surface area contributed by atoms with E-state index in [9.17, 15) is 18.0 Å². The Morgan fingerprint density at radius 1 is 0.868 bits per heavy atom. The summed E-state index contributed by atoms with van der Waals surface area (Å²) in [6, 6.07) is 22.4. The molecular formula is C30H37N3O4S. The Hall–Kier alpha value is -3.65. The third-order valence-electron chi connectivity index (χ3n) is 6.33. The van der Waals surface area contributed by atoms with Gasteiger partial charge in [0.05, 0.1) is 10.6 Å². The molecule has 202 valence electrons. The van der Waals surface area contributed by atoms with Gasteiger partial charge in [0.2, 0.25) is 11.8 Å². The number of aryl methyl sites for hydroxylation is 2. The minimum atomic E-state index is -4.07. The van der Waals surface area contributed by atoms with E-state index in [1.54, 1.807) is 31.2 Å². The van der Waals surface area contributed by atoms with Crippen molar-refractivity contribution in [3.8, 4) is 0 Å². The minimum absolute atomic E-state index is 0.0927. The van der Waals surface area contributed by atoms with Gasteiger partial charge in [0.25, 0.3) is 10.0 Å². The standard InChI is InChI=1S/C30H37N3O4S/c1-22(2)31-30(35)25(5)32(19-18-26-12-8-6-9-13-26)29(34)21-33(28-20-23(3)16-17-24(28)4)38(36,37)27-14-10-7-11-15-27/h6-17,20,22,25H,18-19,21H2,1-5H3,(H,31,35)/t25-/m0/s1. The first-order valence-electron chi connectivity index (χ1n) is 12.8. The zero-order chi connectivity index (χ0) is 27.9. The molecule has 0 fully saturated rings. The molecule has 1 atom stereocenters. The maximum absolute atomic E-state index is 13.9. The van der Waals surface area contributed by atoms with Crippen molar-refractivity contribution in [2.75, 3.05) is 17.4 Å². The van der Waals surface area contributed by atoms with Crippen LogP contribution >= 0.6 is 0 Å². The van der Waals surface area contributed by atoms with Crippen molar-refractivity contribution < 1.29 is 18.0 Å². The third kappa shape index (κ3) is 7.22. The number of benzene rings is 3. The van der Waals surface area contributed by atoms with E-state index in [1.807, 2.05) is 70.2 Å². The molecule has 0 unspecified atom stereocenters. The van der Waals surface area contributed by atoms with Gasteiger partial charge in [-0.15, -0.1) is 0 Å². The SMILES string of the molecule is Cc1ccc(C)c(N(CC(=O)N(CCc2ccccc2)[C@@H](C)C(=O)NC(C)C)S(=O)(=O)c2ccccc2)c1. The summed E-state index contributed by atoms with van der Waals surface area (Å²) in [5.74, 6) is -0.738. The number of anilines is 1. The highest BCUT2D eigenvalue weighted by Crippen LogP contribution is 2.28. The van der Waals surface area contributed by atoms with Gasteiger partial charge in [-0.2, -0.15) is 0 Å². The number of nitrogens with one attached hydrogen (secondary N) is 1. The highest BCUT2D eigenvalue weighted by Gasteiger charge is 2.33. The fraction of sp³-hybridized carbons (Fsp3) is 0.333. The monoisotopic (exact) mass is 535 g/mol. The molecule has 3 rings (SSSR count). The van der Waals surface area contributed by atoms with Crippen molar-refractivity contribution in [2.24, 2.45) is 0 Å². The van der Waals surface area contributed by atoms with Crippen LogP contribution in [-0.4, -0.2) is 50.3 Å². The van der Waals surface area contributed by atoms with Gasteiger partial charge in [0, 0.05) is 12.6 Å². The Kier molecular flexibility index (Phi) is 9.69. The third-order valence-corrected chi connectivity index (χ3v) is 8.10. The van der Waals surface area contributed by atoms with Gasteiger partial charge in [-0.05, 0) is 75.9 Å². The molecule has 0 saturated heterocycles.